The summed E-state index contributed by atoms with van der Waals surface area (Å²) in [7, 11) is -3.90. The van der Waals surface area contributed by atoms with Crippen molar-refractivity contribution in [1.29, 1.82) is 0 Å². The summed E-state index contributed by atoms with van der Waals surface area (Å²) in [5.41, 5.74) is 3.25. The summed E-state index contributed by atoms with van der Waals surface area (Å²) < 4.78 is 25.8. The van der Waals surface area contributed by atoms with Gasteiger partial charge in [0.25, 0.3) is 5.91 Å². The van der Waals surface area contributed by atoms with E-state index >= 15 is 0 Å². The van der Waals surface area contributed by atoms with E-state index in [1.807, 2.05) is 12.1 Å². The Morgan fingerprint density at radius 2 is 1.56 bits per heavy atom. The van der Waals surface area contributed by atoms with Crippen LogP contribution in [0.5, 0.6) is 0 Å². The summed E-state index contributed by atoms with van der Waals surface area (Å²) in [5, 5.41) is 8.28. The number of amides is 1. The minimum absolute atomic E-state index is 0.0595. The van der Waals surface area contributed by atoms with E-state index in [1.54, 1.807) is 24.3 Å². The zero-order valence-corrected chi connectivity index (χ0v) is 16.8. The number of hydroxylamine groups is 1. The molecule has 2 aromatic rings. The maximum atomic E-state index is 12.9. The maximum absolute atomic E-state index is 12.9. The van der Waals surface area contributed by atoms with Crippen molar-refractivity contribution >= 4 is 27.3 Å². The second kappa shape index (κ2) is 9.88. The van der Waals surface area contributed by atoms with Crippen LogP contribution in [0.15, 0.2) is 53.4 Å². The first-order valence-electron chi connectivity index (χ1n) is 8.94. The van der Waals surface area contributed by atoms with Crippen molar-refractivity contribution in [2.45, 2.75) is 49.2 Å². The minimum atomic E-state index is -3.90. The fraction of sp³-hybridized carbons (Fsp3) is 0.350. The van der Waals surface area contributed by atoms with Crippen molar-refractivity contribution in [2.24, 2.45) is 0 Å². The van der Waals surface area contributed by atoms with Gasteiger partial charge in [-0.25, -0.2) is 13.9 Å². The molecule has 2 N–H and O–H groups in total. The van der Waals surface area contributed by atoms with Crippen molar-refractivity contribution in [3.63, 3.8) is 0 Å². The Kier molecular flexibility index (Phi) is 7.83. The molecule has 0 heterocycles. The third kappa shape index (κ3) is 5.54. The van der Waals surface area contributed by atoms with Crippen LogP contribution in [0, 0.1) is 0 Å². The van der Waals surface area contributed by atoms with Crippen LogP contribution in [0.25, 0.3) is 11.1 Å². The van der Waals surface area contributed by atoms with Gasteiger partial charge in [-0.1, -0.05) is 68.5 Å². The van der Waals surface area contributed by atoms with Gasteiger partial charge in [-0.15, -0.1) is 0 Å². The molecule has 0 saturated heterocycles. The molecule has 27 heavy (non-hydrogen) atoms. The zero-order chi connectivity index (χ0) is 19.9. The molecule has 1 unspecified atom stereocenters. The van der Waals surface area contributed by atoms with Gasteiger partial charge in [0.15, 0.2) is 9.84 Å². The van der Waals surface area contributed by atoms with Gasteiger partial charge < -0.3 is 0 Å². The first-order valence-corrected chi connectivity index (χ1v) is 10.9. The van der Waals surface area contributed by atoms with Gasteiger partial charge in [0.1, 0.15) is 5.25 Å². The van der Waals surface area contributed by atoms with E-state index in [9.17, 15) is 13.2 Å². The lowest BCUT2D eigenvalue weighted by Crippen LogP contribution is -2.38. The first-order chi connectivity index (χ1) is 12.9. The van der Waals surface area contributed by atoms with Gasteiger partial charge >= 0.3 is 0 Å². The highest BCUT2D eigenvalue weighted by Crippen LogP contribution is 2.26. The van der Waals surface area contributed by atoms with Crippen molar-refractivity contribution in [3.8, 4) is 11.1 Å². The van der Waals surface area contributed by atoms with E-state index in [0.29, 0.717) is 11.4 Å². The molecule has 1 atom stereocenters. The van der Waals surface area contributed by atoms with Crippen molar-refractivity contribution in [3.05, 3.63) is 53.6 Å². The number of nitrogens with one attached hydrogen (secondary N) is 1. The molecule has 0 bridgehead atoms. The molecular formula is C20H24ClNO4S. The van der Waals surface area contributed by atoms with Crippen LogP contribution in [0.4, 0.5) is 0 Å². The third-order valence-corrected chi connectivity index (χ3v) is 6.84. The van der Waals surface area contributed by atoms with Crippen LogP contribution < -0.4 is 5.48 Å². The van der Waals surface area contributed by atoms with E-state index in [-0.39, 0.29) is 11.3 Å². The predicted octanol–water partition coefficient (Wildman–Crippen LogP) is 4.63. The van der Waals surface area contributed by atoms with Crippen LogP contribution in [-0.2, 0) is 14.6 Å². The second-order valence-corrected chi connectivity index (χ2v) is 8.96. The average Bonchev–Trinajstić information content (AvgIpc) is 2.68. The molecule has 7 heteroatoms. The Hall–Kier alpha value is -1.89. The van der Waals surface area contributed by atoms with Crippen LogP contribution in [0.1, 0.15) is 39.0 Å². The van der Waals surface area contributed by atoms with Crippen molar-refractivity contribution < 1.29 is 18.4 Å². The highest BCUT2D eigenvalue weighted by molar-refractivity contribution is 7.92. The molecule has 0 aliphatic rings. The molecule has 2 rings (SSSR count). The number of rotatable bonds is 9. The summed E-state index contributed by atoms with van der Waals surface area (Å²) in [6.45, 7) is 2.05. The summed E-state index contributed by atoms with van der Waals surface area (Å²) in [6.07, 6.45) is 3.61. The summed E-state index contributed by atoms with van der Waals surface area (Å²) in [5.74, 6) is -0.895. The molecule has 0 spiro atoms. The number of sulfone groups is 1. The summed E-state index contributed by atoms with van der Waals surface area (Å²) in [6, 6.07) is 13.6. The number of unbranched alkanes of at least 4 members (excludes halogenated alkanes) is 3. The lowest BCUT2D eigenvalue weighted by atomic mass is 10.1. The molecule has 146 valence electrons. The van der Waals surface area contributed by atoms with Crippen LogP contribution in [0.2, 0.25) is 5.02 Å². The van der Waals surface area contributed by atoms with E-state index < -0.39 is 21.0 Å². The zero-order valence-electron chi connectivity index (χ0n) is 15.2. The number of hydrogen-bond acceptors (Lipinski definition) is 4. The monoisotopic (exact) mass is 409 g/mol. The number of carbonyl (C=O) groups excluding carboxylic acids is 1. The van der Waals surface area contributed by atoms with Gasteiger partial charge in [-0.05, 0) is 41.8 Å². The van der Waals surface area contributed by atoms with E-state index in [1.165, 1.54) is 17.6 Å². The van der Waals surface area contributed by atoms with Gasteiger partial charge in [0.2, 0.25) is 0 Å². The van der Waals surface area contributed by atoms with Crippen LogP contribution in [0.3, 0.4) is 0 Å². The second-order valence-electron chi connectivity index (χ2n) is 6.39. The maximum Gasteiger partial charge on any atom is 0.262 e. The van der Waals surface area contributed by atoms with Gasteiger partial charge in [-0.2, -0.15) is 0 Å². The highest BCUT2D eigenvalue weighted by Gasteiger charge is 2.33. The third-order valence-electron chi connectivity index (χ3n) is 4.46. The topological polar surface area (TPSA) is 83.5 Å². The standard InChI is InChI=1S/C20H24ClNO4S/c1-2-3-4-5-6-19(20(23)22-24)27(25,26)18-13-9-16(10-14-18)15-7-11-17(21)12-8-15/h7-14,19,24H,2-6H2,1H3,(H,22,23). The first kappa shape index (κ1) is 21.4. The summed E-state index contributed by atoms with van der Waals surface area (Å²) >= 11 is 5.89. The molecular weight excluding hydrogens is 386 g/mol. The lowest BCUT2D eigenvalue weighted by molar-refractivity contribution is -0.128. The molecule has 1 amide bonds. The van der Waals surface area contributed by atoms with Crippen molar-refractivity contribution in [1.82, 2.24) is 5.48 Å². The molecule has 0 radical (unpaired) electrons. The lowest BCUT2D eigenvalue weighted by Gasteiger charge is -2.16. The van der Waals surface area contributed by atoms with Gasteiger partial charge in [-0.3, -0.25) is 10.0 Å². The smallest absolute Gasteiger partial charge is 0.262 e. The van der Waals surface area contributed by atoms with Crippen molar-refractivity contribution in [2.75, 3.05) is 0 Å². The average molecular weight is 410 g/mol. The normalized spacial score (nSPS) is 12.6. The minimum Gasteiger partial charge on any atom is -0.289 e. The fourth-order valence-corrected chi connectivity index (χ4v) is 4.68. The van der Waals surface area contributed by atoms with Gasteiger partial charge in [0.05, 0.1) is 4.90 Å². The van der Waals surface area contributed by atoms with E-state index in [2.05, 4.69) is 6.92 Å². The number of benzene rings is 2. The van der Waals surface area contributed by atoms with E-state index in [0.717, 1.165) is 30.4 Å². The number of halogens is 1. The largest absolute Gasteiger partial charge is 0.289 e. The fourth-order valence-electron chi connectivity index (χ4n) is 2.90. The Morgan fingerprint density at radius 1 is 1.00 bits per heavy atom. The predicted molar refractivity (Wildman–Crippen MR) is 107 cm³/mol. The molecule has 0 fully saturated rings. The quantitative estimate of drug-likeness (QED) is 0.359. The Morgan fingerprint density at radius 3 is 2.07 bits per heavy atom. The molecule has 5 nitrogen and oxygen atoms in total. The van der Waals surface area contributed by atoms with Crippen LogP contribution in [-0.4, -0.2) is 24.8 Å². The SMILES string of the molecule is CCCCCCC(C(=O)NO)S(=O)(=O)c1ccc(-c2ccc(Cl)cc2)cc1. The Labute approximate surface area is 165 Å². The molecule has 0 aromatic heterocycles. The number of carbonyl (C=O) groups is 1. The number of hydrogen-bond donors (Lipinski definition) is 2. The van der Waals surface area contributed by atoms with E-state index in [4.69, 9.17) is 16.8 Å². The molecule has 0 saturated carbocycles. The highest BCUT2D eigenvalue weighted by atomic mass is 35.5. The van der Waals surface area contributed by atoms with Gasteiger partial charge in [0, 0.05) is 5.02 Å². The summed E-state index contributed by atoms with van der Waals surface area (Å²) in [4.78, 5) is 12.0. The Balaban J connectivity index is 2.23. The molecule has 0 aliphatic heterocycles. The molecule has 0 aliphatic carbocycles. The Bertz CT molecular complexity index is 849. The molecule has 2 aromatic carbocycles. The van der Waals surface area contributed by atoms with Crippen LogP contribution >= 0.6 is 11.6 Å².